The highest BCUT2D eigenvalue weighted by molar-refractivity contribution is 5.70. The number of rotatable bonds is 4. The van der Waals surface area contributed by atoms with E-state index >= 15 is 0 Å². The summed E-state index contributed by atoms with van der Waals surface area (Å²) < 4.78 is 14.3. The molecule has 0 spiro atoms. The van der Waals surface area contributed by atoms with E-state index < -0.39 is 0 Å². The first-order chi connectivity index (χ1) is 13.3. The van der Waals surface area contributed by atoms with Gasteiger partial charge in [-0.1, -0.05) is 63.6 Å². The number of hydrogen-bond acceptors (Lipinski definition) is 0. The fraction of sp³-hybridized carbons (Fsp3) is 0.481. The molecule has 0 heterocycles. The van der Waals surface area contributed by atoms with Gasteiger partial charge in [-0.3, -0.25) is 0 Å². The van der Waals surface area contributed by atoms with Gasteiger partial charge >= 0.3 is 0 Å². The second-order valence-electron chi connectivity index (χ2n) is 8.73. The topological polar surface area (TPSA) is 0 Å². The SMILES string of the molecule is CC.Cc1ccc(C)c(CCc2c(C3=CCC(C)(C)CC3)ccc(F)c2C)c1. The van der Waals surface area contributed by atoms with Crippen molar-refractivity contribution in [2.75, 3.05) is 0 Å². The lowest BCUT2D eigenvalue weighted by Gasteiger charge is -2.29. The second kappa shape index (κ2) is 9.54. The van der Waals surface area contributed by atoms with Crippen molar-refractivity contribution in [3.63, 3.8) is 0 Å². The van der Waals surface area contributed by atoms with Crippen molar-refractivity contribution in [3.8, 4) is 0 Å². The maximum absolute atomic E-state index is 14.3. The quantitative estimate of drug-likeness (QED) is 0.502. The minimum atomic E-state index is -0.0820. The maximum atomic E-state index is 14.3. The normalized spacial score (nSPS) is 15.5. The third kappa shape index (κ3) is 5.34. The molecule has 1 heteroatoms. The van der Waals surface area contributed by atoms with E-state index in [2.05, 4.69) is 52.0 Å². The van der Waals surface area contributed by atoms with Crippen LogP contribution in [0.2, 0.25) is 0 Å². The molecule has 1 aliphatic rings. The highest BCUT2D eigenvalue weighted by Gasteiger charge is 2.23. The smallest absolute Gasteiger partial charge is 0.126 e. The third-order valence-corrected chi connectivity index (χ3v) is 6.00. The van der Waals surface area contributed by atoms with Gasteiger partial charge in [-0.25, -0.2) is 4.39 Å². The summed E-state index contributed by atoms with van der Waals surface area (Å²) in [5.41, 5.74) is 9.06. The summed E-state index contributed by atoms with van der Waals surface area (Å²) >= 11 is 0. The minimum absolute atomic E-state index is 0.0820. The third-order valence-electron chi connectivity index (χ3n) is 6.00. The van der Waals surface area contributed by atoms with Gasteiger partial charge in [0.25, 0.3) is 0 Å². The fourth-order valence-corrected chi connectivity index (χ4v) is 4.00. The van der Waals surface area contributed by atoms with E-state index in [1.165, 1.54) is 39.8 Å². The van der Waals surface area contributed by atoms with Gasteiger partial charge in [0.05, 0.1) is 0 Å². The maximum Gasteiger partial charge on any atom is 0.126 e. The number of benzene rings is 2. The second-order valence-corrected chi connectivity index (χ2v) is 8.73. The molecule has 0 unspecified atom stereocenters. The first-order valence-corrected chi connectivity index (χ1v) is 10.8. The van der Waals surface area contributed by atoms with Crippen LogP contribution in [0.15, 0.2) is 36.4 Å². The van der Waals surface area contributed by atoms with Crippen LogP contribution < -0.4 is 0 Å². The number of allylic oxidation sites excluding steroid dienone is 2. The molecule has 1 aliphatic carbocycles. The lowest BCUT2D eigenvalue weighted by Crippen LogP contribution is -2.15. The molecule has 0 amide bonds. The Kier molecular flexibility index (Phi) is 7.63. The van der Waals surface area contributed by atoms with Crippen molar-refractivity contribution in [3.05, 3.63) is 75.6 Å². The zero-order valence-electron chi connectivity index (χ0n) is 18.9. The van der Waals surface area contributed by atoms with Crippen molar-refractivity contribution in [2.24, 2.45) is 5.41 Å². The van der Waals surface area contributed by atoms with Crippen LogP contribution >= 0.6 is 0 Å². The molecule has 0 nitrogen and oxygen atoms in total. The Bertz CT molecular complexity index is 840. The van der Waals surface area contributed by atoms with Crippen LogP contribution in [0.1, 0.15) is 80.3 Å². The van der Waals surface area contributed by atoms with Crippen LogP contribution in [-0.4, -0.2) is 0 Å². The van der Waals surface area contributed by atoms with Gasteiger partial charge in [0.15, 0.2) is 0 Å². The zero-order valence-corrected chi connectivity index (χ0v) is 18.9. The van der Waals surface area contributed by atoms with Crippen LogP contribution in [-0.2, 0) is 12.8 Å². The van der Waals surface area contributed by atoms with Gasteiger partial charge in [0, 0.05) is 0 Å². The van der Waals surface area contributed by atoms with Gasteiger partial charge in [-0.05, 0) is 97.7 Å². The van der Waals surface area contributed by atoms with Crippen LogP contribution in [0.5, 0.6) is 0 Å². The lowest BCUT2D eigenvalue weighted by molar-refractivity contribution is 0.335. The highest BCUT2D eigenvalue weighted by atomic mass is 19.1. The molecular weight excluding hydrogens is 343 g/mol. The summed E-state index contributed by atoms with van der Waals surface area (Å²) in [4.78, 5) is 0. The van der Waals surface area contributed by atoms with Crippen LogP contribution in [0.3, 0.4) is 0 Å². The molecule has 0 bridgehead atoms. The van der Waals surface area contributed by atoms with E-state index in [9.17, 15) is 4.39 Å². The predicted molar refractivity (Wildman–Crippen MR) is 121 cm³/mol. The van der Waals surface area contributed by atoms with Gasteiger partial charge in [-0.15, -0.1) is 0 Å². The van der Waals surface area contributed by atoms with Crippen LogP contribution in [0, 0.1) is 32.0 Å². The van der Waals surface area contributed by atoms with E-state index in [1.54, 1.807) is 6.07 Å². The molecule has 28 heavy (non-hydrogen) atoms. The van der Waals surface area contributed by atoms with E-state index in [0.717, 1.165) is 31.2 Å². The Morgan fingerprint density at radius 1 is 0.964 bits per heavy atom. The van der Waals surface area contributed by atoms with Crippen LogP contribution in [0.4, 0.5) is 4.39 Å². The average molecular weight is 381 g/mol. The summed E-state index contributed by atoms with van der Waals surface area (Å²) in [5.74, 6) is -0.0820. The summed E-state index contributed by atoms with van der Waals surface area (Å²) in [6.07, 6.45) is 7.64. The Morgan fingerprint density at radius 2 is 1.68 bits per heavy atom. The van der Waals surface area contributed by atoms with Gasteiger partial charge in [0.2, 0.25) is 0 Å². The first kappa shape index (κ1) is 22.4. The number of halogens is 1. The summed E-state index contributed by atoms with van der Waals surface area (Å²) in [6, 6.07) is 10.3. The average Bonchev–Trinajstić information content (AvgIpc) is 2.67. The Balaban J connectivity index is 0.00000136. The van der Waals surface area contributed by atoms with Crippen molar-refractivity contribution >= 4 is 5.57 Å². The zero-order chi connectivity index (χ0) is 20.9. The van der Waals surface area contributed by atoms with Gasteiger partial charge < -0.3 is 0 Å². The largest absolute Gasteiger partial charge is 0.207 e. The van der Waals surface area contributed by atoms with E-state index in [-0.39, 0.29) is 5.82 Å². The van der Waals surface area contributed by atoms with E-state index in [4.69, 9.17) is 0 Å². The summed E-state index contributed by atoms with van der Waals surface area (Å²) in [5, 5.41) is 0. The van der Waals surface area contributed by atoms with E-state index in [0.29, 0.717) is 5.41 Å². The summed E-state index contributed by atoms with van der Waals surface area (Å²) in [6.45, 7) is 14.9. The summed E-state index contributed by atoms with van der Waals surface area (Å²) in [7, 11) is 0. The molecule has 0 aliphatic heterocycles. The first-order valence-electron chi connectivity index (χ1n) is 10.8. The fourth-order valence-electron chi connectivity index (χ4n) is 4.00. The molecule has 0 radical (unpaired) electrons. The molecule has 152 valence electrons. The minimum Gasteiger partial charge on any atom is -0.207 e. The Morgan fingerprint density at radius 3 is 2.32 bits per heavy atom. The molecule has 0 N–H and O–H groups in total. The number of hydrogen-bond donors (Lipinski definition) is 0. The molecule has 3 rings (SSSR count). The van der Waals surface area contributed by atoms with E-state index in [1.807, 2.05) is 26.8 Å². The standard InChI is InChI=1S/C25H31F.C2H6/c1-17-6-7-18(2)21(16-17)8-9-22-19(3)24(26)11-10-23(22)20-12-14-25(4,5)15-13-20;1-2/h6-7,10-12,16H,8-9,13-15H2,1-5H3;1-2H3. The molecule has 0 aromatic heterocycles. The van der Waals surface area contributed by atoms with Crippen molar-refractivity contribution in [2.45, 2.75) is 80.6 Å². The van der Waals surface area contributed by atoms with Crippen molar-refractivity contribution < 1.29 is 4.39 Å². The monoisotopic (exact) mass is 380 g/mol. The molecule has 0 saturated carbocycles. The number of aryl methyl sites for hydroxylation is 3. The van der Waals surface area contributed by atoms with Crippen molar-refractivity contribution in [1.29, 1.82) is 0 Å². The molecule has 2 aromatic rings. The Labute approximate surface area is 171 Å². The molecule has 0 fully saturated rings. The molecule has 2 aromatic carbocycles. The van der Waals surface area contributed by atoms with Gasteiger partial charge in [0.1, 0.15) is 5.82 Å². The molecular formula is C27H37F. The molecule has 0 atom stereocenters. The highest BCUT2D eigenvalue weighted by Crippen LogP contribution is 2.39. The molecule has 0 saturated heterocycles. The van der Waals surface area contributed by atoms with Gasteiger partial charge in [-0.2, -0.15) is 0 Å². The predicted octanol–water partition coefficient (Wildman–Crippen LogP) is 8.16. The lowest BCUT2D eigenvalue weighted by atomic mass is 9.76. The Hall–Kier alpha value is -1.89. The van der Waals surface area contributed by atoms with Crippen LogP contribution in [0.25, 0.3) is 5.57 Å². The van der Waals surface area contributed by atoms with Crippen molar-refractivity contribution in [1.82, 2.24) is 0 Å².